The normalized spacial score (nSPS) is 48.9. The first-order chi connectivity index (χ1) is 11.4. The first-order valence-electron chi connectivity index (χ1n) is 9.05. The molecular formula is C20H27NO3. The summed E-state index contributed by atoms with van der Waals surface area (Å²) >= 11 is 0. The lowest BCUT2D eigenvalue weighted by Crippen LogP contribution is -2.78. The van der Waals surface area contributed by atoms with E-state index in [4.69, 9.17) is 14.2 Å². The van der Waals surface area contributed by atoms with Crippen molar-refractivity contribution in [3.05, 3.63) is 29.8 Å². The van der Waals surface area contributed by atoms with Crippen LogP contribution < -0.4 is 4.74 Å². The predicted octanol–water partition coefficient (Wildman–Crippen LogP) is 3.75. The van der Waals surface area contributed by atoms with Gasteiger partial charge in [-0.2, -0.15) is 0 Å². The Hall–Kier alpha value is -1.10. The number of rotatable bonds is 3. The third kappa shape index (κ3) is 1.85. The molecule has 4 aliphatic heterocycles. The lowest BCUT2D eigenvalue weighted by atomic mass is 9.48. The highest BCUT2D eigenvalue weighted by Gasteiger charge is 2.71. The van der Waals surface area contributed by atoms with E-state index < -0.39 is 0 Å². The Morgan fingerprint density at radius 2 is 1.50 bits per heavy atom. The molecule has 5 aliphatic rings. The Kier molecular flexibility index (Phi) is 2.87. The van der Waals surface area contributed by atoms with Crippen LogP contribution in [-0.2, 0) is 16.0 Å². The van der Waals surface area contributed by atoms with E-state index in [-0.39, 0.29) is 35.0 Å². The van der Waals surface area contributed by atoms with Crippen molar-refractivity contribution >= 4 is 0 Å². The van der Waals surface area contributed by atoms with Gasteiger partial charge in [0.05, 0.1) is 7.11 Å². The minimum atomic E-state index is -0.0268. The molecule has 6 rings (SSSR count). The minimum absolute atomic E-state index is 0.0268. The smallest absolute Gasteiger partial charge is 0.167 e. The second kappa shape index (κ2) is 4.54. The number of methoxy groups -OCH3 is 1. The van der Waals surface area contributed by atoms with Crippen LogP contribution in [0.3, 0.4) is 0 Å². The first kappa shape index (κ1) is 15.2. The molecule has 1 saturated carbocycles. The minimum Gasteiger partial charge on any atom is -0.497 e. The molecule has 5 fully saturated rings. The van der Waals surface area contributed by atoms with E-state index in [2.05, 4.69) is 37.8 Å². The van der Waals surface area contributed by atoms with E-state index in [1.807, 2.05) is 12.1 Å². The van der Waals surface area contributed by atoms with E-state index in [0.29, 0.717) is 0 Å². The molecule has 2 unspecified atom stereocenters. The number of hydrogen-bond donors (Lipinski definition) is 0. The molecule has 0 N–H and O–H groups in total. The summed E-state index contributed by atoms with van der Waals surface area (Å²) in [6.45, 7) is 8.07. The van der Waals surface area contributed by atoms with Crippen LogP contribution in [-0.4, -0.2) is 30.8 Å². The number of ether oxygens (including phenoxy) is 3. The van der Waals surface area contributed by atoms with Gasteiger partial charge in [0.2, 0.25) is 0 Å². The van der Waals surface area contributed by atoms with Gasteiger partial charge < -0.3 is 14.2 Å². The van der Waals surface area contributed by atoms with Crippen LogP contribution in [0.2, 0.25) is 0 Å². The van der Waals surface area contributed by atoms with Crippen LogP contribution in [0.15, 0.2) is 24.3 Å². The van der Waals surface area contributed by atoms with Crippen molar-refractivity contribution in [1.29, 1.82) is 0 Å². The van der Waals surface area contributed by atoms with Crippen molar-refractivity contribution in [3.63, 3.8) is 0 Å². The molecule has 130 valence electrons. The maximum atomic E-state index is 6.47. The molecule has 4 saturated heterocycles. The zero-order valence-electron chi connectivity index (χ0n) is 15.0. The van der Waals surface area contributed by atoms with Crippen LogP contribution in [0.5, 0.6) is 5.75 Å². The molecule has 1 aromatic rings. The SMILES string of the molecule is COc1ccc(CN2[C@H]3OC4O[C@@H]2[C@]2(C)CC4(C)C[C@@]3(C)C2)cc1. The van der Waals surface area contributed by atoms with Crippen LogP contribution in [0.4, 0.5) is 0 Å². The molecular weight excluding hydrogens is 302 g/mol. The summed E-state index contributed by atoms with van der Waals surface area (Å²) in [5.41, 5.74) is 1.92. The van der Waals surface area contributed by atoms with Crippen molar-refractivity contribution in [2.75, 3.05) is 7.11 Å². The highest BCUT2D eigenvalue weighted by atomic mass is 16.7. The highest BCUT2D eigenvalue weighted by Crippen LogP contribution is 2.70. The van der Waals surface area contributed by atoms with Gasteiger partial charge in [0.1, 0.15) is 18.2 Å². The second-order valence-corrected chi connectivity index (χ2v) is 9.32. The second-order valence-electron chi connectivity index (χ2n) is 9.32. The van der Waals surface area contributed by atoms with Gasteiger partial charge in [0, 0.05) is 22.8 Å². The molecule has 1 aliphatic carbocycles. The Morgan fingerprint density at radius 1 is 0.958 bits per heavy atom. The quantitative estimate of drug-likeness (QED) is 0.845. The number of piperidine rings is 1. The topological polar surface area (TPSA) is 30.9 Å². The Morgan fingerprint density at radius 3 is 2.04 bits per heavy atom. The fraction of sp³-hybridized carbons (Fsp3) is 0.700. The Labute approximate surface area is 144 Å². The standard InChI is InChI=1S/C20H27NO3/c1-18-10-19(2)12-20(3,11-18)17-23-15(18)21(16(19)24-17)9-13-5-7-14(22-4)8-6-13/h5-8,15-17H,9-12H2,1-4H3/t15-,16+,17?,18+,19-,20?. The monoisotopic (exact) mass is 329 g/mol. The summed E-state index contributed by atoms with van der Waals surface area (Å²) in [7, 11) is 1.71. The number of benzene rings is 1. The number of hydrogen-bond acceptors (Lipinski definition) is 4. The molecule has 4 nitrogen and oxygen atoms in total. The van der Waals surface area contributed by atoms with Gasteiger partial charge >= 0.3 is 0 Å². The van der Waals surface area contributed by atoms with Crippen LogP contribution in [0, 0.1) is 16.2 Å². The van der Waals surface area contributed by atoms with Crippen molar-refractivity contribution in [2.45, 2.75) is 65.3 Å². The lowest BCUT2D eigenvalue weighted by molar-refractivity contribution is -0.476. The molecule has 24 heavy (non-hydrogen) atoms. The summed E-state index contributed by atoms with van der Waals surface area (Å²) in [4.78, 5) is 2.47. The van der Waals surface area contributed by atoms with Gasteiger partial charge in [0.25, 0.3) is 0 Å². The van der Waals surface area contributed by atoms with Crippen molar-refractivity contribution in [2.24, 2.45) is 16.2 Å². The fourth-order valence-corrected chi connectivity index (χ4v) is 6.58. The summed E-state index contributed by atoms with van der Waals surface area (Å²) in [5.74, 6) is 0.901. The third-order valence-corrected chi connectivity index (χ3v) is 6.82. The fourth-order valence-electron chi connectivity index (χ4n) is 6.58. The van der Waals surface area contributed by atoms with Crippen molar-refractivity contribution in [3.8, 4) is 5.75 Å². The summed E-state index contributed by atoms with van der Waals surface area (Å²) < 4.78 is 18.2. The van der Waals surface area contributed by atoms with E-state index in [9.17, 15) is 0 Å². The van der Waals surface area contributed by atoms with Crippen LogP contribution >= 0.6 is 0 Å². The molecule has 6 bridgehead atoms. The Bertz CT molecular complexity index is 638. The van der Waals surface area contributed by atoms with Gasteiger partial charge in [-0.25, -0.2) is 4.90 Å². The van der Waals surface area contributed by atoms with E-state index in [0.717, 1.165) is 12.3 Å². The van der Waals surface area contributed by atoms with Gasteiger partial charge in [-0.05, 0) is 37.0 Å². The van der Waals surface area contributed by atoms with Gasteiger partial charge in [-0.1, -0.05) is 32.9 Å². The van der Waals surface area contributed by atoms with Crippen molar-refractivity contribution < 1.29 is 14.2 Å². The van der Waals surface area contributed by atoms with Crippen LogP contribution in [0.25, 0.3) is 0 Å². The zero-order valence-corrected chi connectivity index (χ0v) is 15.0. The molecule has 6 atom stereocenters. The lowest BCUT2D eigenvalue weighted by Gasteiger charge is -2.74. The highest BCUT2D eigenvalue weighted by molar-refractivity contribution is 5.27. The third-order valence-electron chi connectivity index (χ3n) is 6.82. The number of nitrogens with zero attached hydrogens (tertiary/aromatic N) is 1. The molecule has 0 radical (unpaired) electrons. The molecule has 4 heterocycles. The Balaban J connectivity index is 1.50. The average Bonchev–Trinajstić information content (AvgIpc) is 2.52. The first-order valence-corrected chi connectivity index (χ1v) is 9.05. The van der Waals surface area contributed by atoms with Gasteiger partial charge in [-0.3, -0.25) is 0 Å². The zero-order chi connectivity index (χ0) is 16.7. The molecule has 0 aromatic heterocycles. The maximum absolute atomic E-state index is 6.47. The molecule has 0 amide bonds. The van der Waals surface area contributed by atoms with E-state index >= 15 is 0 Å². The van der Waals surface area contributed by atoms with Gasteiger partial charge in [-0.15, -0.1) is 0 Å². The summed E-state index contributed by atoms with van der Waals surface area (Å²) in [6, 6.07) is 8.37. The maximum Gasteiger partial charge on any atom is 0.167 e. The molecule has 1 aromatic carbocycles. The van der Waals surface area contributed by atoms with Crippen molar-refractivity contribution in [1.82, 2.24) is 4.90 Å². The average molecular weight is 329 g/mol. The summed E-state index contributed by atoms with van der Waals surface area (Å²) in [5, 5.41) is 0. The summed E-state index contributed by atoms with van der Waals surface area (Å²) in [6.07, 6.45) is 3.93. The van der Waals surface area contributed by atoms with E-state index in [1.54, 1.807) is 7.11 Å². The molecule has 4 heteroatoms. The molecule has 0 spiro atoms. The largest absolute Gasteiger partial charge is 0.497 e. The predicted molar refractivity (Wildman–Crippen MR) is 90.2 cm³/mol. The van der Waals surface area contributed by atoms with Crippen LogP contribution in [0.1, 0.15) is 45.6 Å². The van der Waals surface area contributed by atoms with Gasteiger partial charge in [0.15, 0.2) is 6.29 Å². The van der Waals surface area contributed by atoms with E-state index in [1.165, 1.54) is 24.8 Å².